The highest BCUT2D eigenvalue weighted by Gasteiger charge is 1.96. The van der Waals surface area contributed by atoms with Crippen LogP contribution in [0.1, 0.15) is 11.1 Å². The molecular weight excluding hydrogens is 290 g/mol. The summed E-state index contributed by atoms with van der Waals surface area (Å²) < 4.78 is 0. The van der Waals surface area contributed by atoms with Gasteiger partial charge in [0.05, 0.1) is 6.21 Å². The summed E-state index contributed by atoms with van der Waals surface area (Å²) in [7, 11) is 0. The summed E-state index contributed by atoms with van der Waals surface area (Å²) in [5.41, 5.74) is 5.80. The fourth-order valence-corrected chi connectivity index (χ4v) is 1.90. The van der Waals surface area contributed by atoms with E-state index in [0.29, 0.717) is 10.1 Å². The van der Waals surface area contributed by atoms with Crippen LogP contribution >= 0.6 is 23.8 Å². The van der Waals surface area contributed by atoms with Crippen LogP contribution in [0.4, 0.5) is 5.69 Å². The topological polar surface area (TPSA) is 36.4 Å². The van der Waals surface area contributed by atoms with Crippen LogP contribution in [0.2, 0.25) is 5.02 Å². The number of hydrogen-bond acceptors (Lipinski definition) is 2. The van der Waals surface area contributed by atoms with Gasteiger partial charge in [-0.3, -0.25) is 5.43 Å². The van der Waals surface area contributed by atoms with Crippen molar-refractivity contribution in [2.45, 2.75) is 6.92 Å². The lowest BCUT2D eigenvalue weighted by molar-refractivity contribution is 1.05. The lowest BCUT2D eigenvalue weighted by Crippen LogP contribution is -2.23. The van der Waals surface area contributed by atoms with Gasteiger partial charge in [0.1, 0.15) is 0 Å². The smallest absolute Gasteiger partial charge is 0.191 e. The monoisotopic (exact) mass is 303 g/mol. The predicted molar refractivity (Wildman–Crippen MR) is 89.6 cm³/mol. The first-order valence-corrected chi connectivity index (χ1v) is 6.84. The molecule has 0 saturated heterocycles. The molecule has 0 aliphatic heterocycles. The molecule has 2 aromatic carbocycles. The van der Waals surface area contributed by atoms with Crippen LogP contribution in [-0.4, -0.2) is 11.3 Å². The molecule has 0 aliphatic rings. The second-order valence-corrected chi connectivity index (χ2v) is 5.09. The maximum atomic E-state index is 5.89. The van der Waals surface area contributed by atoms with Gasteiger partial charge in [-0.05, 0) is 42.9 Å². The highest BCUT2D eigenvalue weighted by Crippen LogP contribution is 2.14. The number of aryl methyl sites for hydroxylation is 1. The molecule has 0 aliphatic carbocycles. The molecule has 0 fully saturated rings. The Hall–Kier alpha value is -1.91. The van der Waals surface area contributed by atoms with Gasteiger partial charge in [0.2, 0.25) is 0 Å². The first-order valence-electron chi connectivity index (χ1n) is 6.06. The van der Waals surface area contributed by atoms with Gasteiger partial charge in [-0.2, -0.15) is 5.10 Å². The highest BCUT2D eigenvalue weighted by molar-refractivity contribution is 7.80. The molecule has 2 rings (SSSR count). The lowest BCUT2D eigenvalue weighted by Gasteiger charge is -2.06. The zero-order chi connectivity index (χ0) is 14.4. The number of halogens is 1. The summed E-state index contributed by atoms with van der Waals surface area (Å²) >= 11 is 11.0. The van der Waals surface area contributed by atoms with Crippen molar-refractivity contribution in [3.8, 4) is 0 Å². The minimum Gasteiger partial charge on any atom is -0.331 e. The molecule has 0 amide bonds. The second kappa shape index (κ2) is 7.03. The van der Waals surface area contributed by atoms with Crippen molar-refractivity contribution in [3.63, 3.8) is 0 Å². The molecule has 5 heteroatoms. The molecule has 0 saturated carbocycles. The van der Waals surface area contributed by atoms with Crippen molar-refractivity contribution in [2.24, 2.45) is 5.10 Å². The molecule has 3 nitrogen and oxygen atoms in total. The third kappa shape index (κ3) is 4.64. The van der Waals surface area contributed by atoms with Crippen LogP contribution in [0, 0.1) is 6.92 Å². The molecule has 20 heavy (non-hydrogen) atoms. The fourth-order valence-electron chi connectivity index (χ4n) is 1.54. The van der Waals surface area contributed by atoms with E-state index in [-0.39, 0.29) is 0 Å². The SMILES string of the molecule is Cc1ccc(/C=N\NC(=S)Nc2cccc(Cl)c2)cc1. The number of rotatable bonds is 3. The van der Waals surface area contributed by atoms with Gasteiger partial charge in [0.15, 0.2) is 5.11 Å². The highest BCUT2D eigenvalue weighted by atomic mass is 35.5. The minimum atomic E-state index is 0.413. The van der Waals surface area contributed by atoms with Crippen LogP contribution in [0.25, 0.3) is 0 Å². The Kier molecular flexibility index (Phi) is 5.09. The minimum absolute atomic E-state index is 0.413. The van der Waals surface area contributed by atoms with E-state index < -0.39 is 0 Å². The first kappa shape index (κ1) is 14.5. The third-order valence-corrected chi connectivity index (χ3v) is 2.97. The van der Waals surface area contributed by atoms with Crippen molar-refractivity contribution < 1.29 is 0 Å². The van der Waals surface area contributed by atoms with Gasteiger partial charge >= 0.3 is 0 Å². The Morgan fingerprint density at radius 2 is 1.95 bits per heavy atom. The number of hydrazone groups is 1. The number of thiocarbonyl (C=S) groups is 1. The van der Waals surface area contributed by atoms with Gasteiger partial charge in [0.25, 0.3) is 0 Å². The zero-order valence-corrected chi connectivity index (χ0v) is 12.5. The number of nitrogens with one attached hydrogen (secondary N) is 2. The Morgan fingerprint density at radius 1 is 1.20 bits per heavy atom. The Labute approximate surface area is 128 Å². The first-order chi connectivity index (χ1) is 9.63. The number of hydrogen-bond donors (Lipinski definition) is 2. The van der Waals surface area contributed by atoms with Crippen molar-refractivity contribution in [1.29, 1.82) is 0 Å². The molecule has 2 N–H and O–H groups in total. The Bertz CT molecular complexity index is 623. The van der Waals surface area contributed by atoms with Gasteiger partial charge < -0.3 is 5.32 Å². The summed E-state index contributed by atoms with van der Waals surface area (Å²) in [6.07, 6.45) is 1.71. The van der Waals surface area contributed by atoms with Crippen LogP contribution in [-0.2, 0) is 0 Å². The van der Waals surface area contributed by atoms with Crippen molar-refractivity contribution in [3.05, 3.63) is 64.7 Å². The molecular formula is C15H14ClN3S. The van der Waals surface area contributed by atoms with E-state index in [4.69, 9.17) is 23.8 Å². The van der Waals surface area contributed by atoms with E-state index in [1.165, 1.54) is 5.56 Å². The fraction of sp³-hybridized carbons (Fsp3) is 0.0667. The van der Waals surface area contributed by atoms with Crippen molar-refractivity contribution in [2.75, 3.05) is 5.32 Å². The molecule has 0 bridgehead atoms. The molecule has 102 valence electrons. The second-order valence-electron chi connectivity index (χ2n) is 4.25. The van der Waals surface area contributed by atoms with Crippen LogP contribution in [0.3, 0.4) is 0 Å². The average molecular weight is 304 g/mol. The Balaban J connectivity index is 1.87. The molecule has 2 aromatic rings. The van der Waals surface area contributed by atoms with Crippen LogP contribution in [0.5, 0.6) is 0 Å². The molecule has 0 spiro atoms. The maximum Gasteiger partial charge on any atom is 0.191 e. The van der Waals surface area contributed by atoms with Crippen molar-refractivity contribution >= 4 is 40.8 Å². The van der Waals surface area contributed by atoms with Gasteiger partial charge in [-0.25, -0.2) is 0 Å². The number of benzene rings is 2. The lowest BCUT2D eigenvalue weighted by atomic mass is 10.2. The zero-order valence-electron chi connectivity index (χ0n) is 10.9. The standard InChI is InChI=1S/C15H14ClN3S/c1-11-5-7-12(8-6-11)10-17-19-15(20)18-14-4-2-3-13(16)9-14/h2-10H,1H3,(H2,18,19,20)/b17-10-. The third-order valence-electron chi connectivity index (χ3n) is 2.54. The summed E-state index contributed by atoms with van der Waals surface area (Å²) in [6.45, 7) is 2.04. The van der Waals surface area contributed by atoms with Gasteiger partial charge in [-0.15, -0.1) is 0 Å². The van der Waals surface area contributed by atoms with Crippen molar-refractivity contribution in [1.82, 2.24) is 5.43 Å². The van der Waals surface area contributed by atoms with E-state index in [1.54, 1.807) is 18.3 Å². The number of nitrogens with zero attached hydrogens (tertiary/aromatic N) is 1. The quantitative estimate of drug-likeness (QED) is 0.512. The number of anilines is 1. The van der Waals surface area contributed by atoms with E-state index in [1.807, 2.05) is 43.3 Å². The predicted octanol–water partition coefficient (Wildman–Crippen LogP) is 3.97. The average Bonchev–Trinajstić information content (AvgIpc) is 2.41. The molecule has 0 aromatic heterocycles. The van der Waals surface area contributed by atoms with E-state index >= 15 is 0 Å². The van der Waals surface area contributed by atoms with Gasteiger partial charge in [-0.1, -0.05) is 47.5 Å². The van der Waals surface area contributed by atoms with E-state index in [0.717, 1.165) is 11.3 Å². The molecule has 0 heterocycles. The largest absolute Gasteiger partial charge is 0.331 e. The summed E-state index contributed by atoms with van der Waals surface area (Å²) in [4.78, 5) is 0. The summed E-state index contributed by atoms with van der Waals surface area (Å²) in [5, 5.41) is 8.14. The normalized spacial score (nSPS) is 10.5. The molecule has 0 atom stereocenters. The molecule has 0 radical (unpaired) electrons. The molecule has 0 unspecified atom stereocenters. The summed E-state index contributed by atoms with van der Waals surface area (Å²) in [5.74, 6) is 0. The van der Waals surface area contributed by atoms with E-state index in [2.05, 4.69) is 15.8 Å². The van der Waals surface area contributed by atoms with Crippen LogP contribution < -0.4 is 10.7 Å². The Morgan fingerprint density at radius 3 is 2.65 bits per heavy atom. The van der Waals surface area contributed by atoms with Crippen LogP contribution in [0.15, 0.2) is 53.6 Å². The maximum absolute atomic E-state index is 5.89. The van der Waals surface area contributed by atoms with Gasteiger partial charge in [0, 0.05) is 10.7 Å². The summed E-state index contributed by atoms with van der Waals surface area (Å²) in [6, 6.07) is 15.4. The van der Waals surface area contributed by atoms with E-state index in [9.17, 15) is 0 Å².